The van der Waals surface area contributed by atoms with Gasteiger partial charge in [-0.05, 0) is 10.8 Å². The third-order valence-electron chi connectivity index (χ3n) is 2.89. The Balaban J connectivity index is -0.000000980. The maximum atomic E-state index is 11.4. The molecular weight excluding hydrogens is 203 g/mol. The van der Waals surface area contributed by atoms with E-state index in [9.17, 15) is 19.8 Å². The van der Waals surface area contributed by atoms with Crippen LogP contribution in [-0.2, 0) is 9.59 Å². The van der Waals surface area contributed by atoms with Gasteiger partial charge in [-0.15, -0.1) is 0 Å². The zero-order chi connectivity index (χ0) is 12.7. The summed E-state index contributed by atoms with van der Waals surface area (Å²) in [7, 11) is 0. The first-order valence-electron chi connectivity index (χ1n) is 4.86. The first kappa shape index (κ1) is 17.9. The molecule has 0 atom stereocenters. The molecule has 0 unspecified atom stereocenters. The van der Waals surface area contributed by atoms with Crippen LogP contribution in [0.3, 0.4) is 0 Å². The van der Waals surface area contributed by atoms with Crippen molar-refractivity contribution in [3.8, 4) is 0 Å². The van der Waals surface area contributed by atoms with Gasteiger partial charge in [0.1, 0.15) is 0 Å². The second-order valence-corrected chi connectivity index (χ2v) is 5.86. The summed E-state index contributed by atoms with van der Waals surface area (Å²) >= 11 is 0. The van der Waals surface area contributed by atoms with Gasteiger partial charge in [0.2, 0.25) is 0 Å². The molecule has 0 saturated carbocycles. The van der Waals surface area contributed by atoms with Gasteiger partial charge in [0, 0.05) is 0 Å². The quantitative estimate of drug-likeness (QED) is 0.483. The maximum absolute atomic E-state index is 11.4. The minimum Gasteiger partial charge on any atom is -1.00 e. The van der Waals surface area contributed by atoms with E-state index >= 15 is 0 Å². The van der Waals surface area contributed by atoms with Crippen LogP contribution in [0.25, 0.3) is 0 Å². The van der Waals surface area contributed by atoms with Gasteiger partial charge in [0.05, 0.1) is 0 Å². The van der Waals surface area contributed by atoms with E-state index in [2.05, 4.69) is 0 Å². The Kier molecular flexibility index (Phi) is 5.39. The zero-order valence-corrected chi connectivity index (χ0v) is 11.2. The molecule has 0 bridgehead atoms. The minimum absolute atomic E-state index is 0. The summed E-state index contributed by atoms with van der Waals surface area (Å²) in [5, 5.41) is 18.6. The Morgan fingerprint density at radius 3 is 1.00 bits per heavy atom. The summed E-state index contributed by atoms with van der Waals surface area (Å²) in [6.45, 7) is 9.84. The Morgan fingerprint density at radius 1 is 0.812 bits per heavy atom. The predicted octanol–water partition coefficient (Wildman–Crippen LogP) is -0.649. The molecule has 0 fully saturated rings. The normalized spacial score (nSPS) is 12.9. The van der Waals surface area contributed by atoms with Crippen molar-refractivity contribution in [2.45, 2.75) is 41.5 Å². The molecule has 90 valence electrons. The molecule has 0 aromatic heterocycles. The molecule has 0 aliphatic heterocycles. The van der Waals surface area contributed by atoms with Crippen molar-refractivity contribution in [3.63, 3.8) is 0 Å². The number of rotatable bonds is 2. The SMILES string of the molecule is CC(C)(C)C(C(=O)O)(C(=O)O)C(C)(C)C.[H-].[Li+]. The Labute approximate surface area is 110 Å². The van der Waals surface area contributed by atoms with Gasteiger partial charge in [-0.2, -0.15) is 0 Å². The summed E-state index contributed by atoms with van der Waals surface area (Å²) in [5.41, 5.74) is -3.51. The fourth-order valence-electron chi connectivity index (χ4n) is 2.50. The van der Waals surface area contributed by atoms with E-state index < -0.39 is 28.2 Å². The van der Waals surface area contributed by atoms with E-state index in [0.29, 0.717) is 0 Å². The maximum Gasteiger partial charge on any atom is 1.00 e. The summed E-state index contributed by atoms with van der Waals surface area (Å²) in [4.78, 5) is 22.8. The van der Waals surface area contributed by atoms with Gasteiger partial charge in [-0.3, -0.25) is 9.59 Å². The Bertz CT molecular complexity index is 259. The standard InChI is InChI=1S/C11H20O4.Li.H/c1-9(2,3)11(7(12)13,8(14)15)10(4,5)6;;/h1-6H3,(H,12,13)(H,14,15);;/q;+1;-1. The molecule has 4 nitrogen and oxygen atoms in total. The van der Waals surface area contributed by atoms with Crippen molar-refractivity contribution in [3.05, 3.63) is 0 Å². The summed E-state index contributed by atoms with van der Waals surface area (Å²) in [5.74, 6) is -2.56. The van der Waals surface area contributed by atoms with Crippen LogP contribution in [0, 0.1) is 16.2 Å². The molecule has 0 radical (unpaired) electrons. The summed E-state index contributed by atoms with van der Waals surface area (Å²) in [6, 6.07) is 0. The minimum atomic E-state index is -1.79. The Hall–Kier alpha value is -0.463. The van der Waals surface area contributed by atoms with E-state index in [-0.39, 0.29) is 20.3 Å². The van der Waals surface area contributed by atoms with E-state index in [1.165, 1.54) is 0 Å². The molecule has 0 amide bonds. The Morgan fingerprint density at radius 2 is 1.00 bits per heavy atom. The van der Waals surface area contributed by atoms with Gasteiger partial charge in [-0.1, -0.05) is 41.5 Å². The van der Waals surface area contributed by atoms with Crippen LogP contribution < -0.4 is 18.9 Å². The number of aliphatic carboxylic acids is 2. The van der Waals surface area contributed by atoms with Crippen molar-refractivity contribution in [2.24, 2.45) is 16.2 Å². The number of carbonyl (C=O) groups is 2. The zero-order valence-electron chi connectivity index (χ0n) is 12.2. The molecule has 0 aromatic carbocycles. The number of hydrogen-bond donors (Lipinski definition) is 2. The van der Waals surface area contributed by atoms with Crippen molar-refractivity contribution in [1.29, 1.82) is 0 Å². The molecule has 0 spiro atoms. The van der Waals surface area contributed by atoms with Crippen molar-refractivity contribution in [1.82, 2.24) is 0 Å². The number of carboxylic acid groups (broad SMARTS) is 2. The summed E-state index contributed by atoms with van der Waals surface area (Å²) < 4.78 is 0. The molecule has 0 aliphatic carbocycles. The number of carboxylic acids is 2. The first-order chi connectivity index (χ1) is 6.39. The van der Waals surface area contributed by atoms with Gasteiger partial charge < -0.3 is 11.6 Å². The van der Waals surface area contributed by atoms with Crippen molar-refractivity contribution in [2.75, 3.05) is 0 Å². The van der Waals surface area contributed by atoms with Crippen LogP contribution in [0.15, 0.2) is 0 Å². The first-order valence-corrected chi connectivity index (χ1v) is 4.86. The second-order valence-electron chi connectivity index (χ2n) is 5.86. The van der Waals surface area contributed by atoms with E-state index in [1.807, 2.05) is 0 Å². The topological polar surface area (TPSA) is 74.6 Å². The van der Waals surface area contributed by atoms with E-state index in [4.69, 9.17) is 0 Å². The number of hydrogen-bond acceptors (Lipinski definition) is 2. The van der Waals surface area contributed by atoms with Crippen LogP contribution >= 0.6 is 0 Å². The van der Waals surface area contributed by atoms with E-state index in [1.54, 1.807) is 41.5 Å². The molecule has 0 aliphatic rings. The van der Waals surface area contributed by atoms with Gasteiger partial charge in [-0.25, -0.2) is 0 Å². The fraction of sp³-hybridized carbons (Fsp3) is 0.818. The molecule has 5 heteroatoms. The summed E-state index contributed by atoms with van der Waals surface area (Å²) in [6.07, 6.45) is 0. The molecule has 0 saturated heterocycles. The van der Waals surface area contributed by atoms with E-state index in [0.717, 1.165) is 0 Å². The third-order valence-corrected chi connectivity index (χ3v) is 2.89. The van der Waals surface area contributed by atoms with Crippen LogP contribution in [0.5, 0.6) is 0 Å². The van der Waals surface area contributed by atoms with Crippen LogP contribution in [0.2, 0.25) is 0 Å². The molecular formula is C11H21LiO4. The molecule has 16 heavy (non-hydrogen) atoms. The van der Waals surface area contributed by atoms with Crippen molar-refractivity contribution < 1.29 is 40.1 Å². The largest absolute Gasteiger partial charge is 1.00 e. The monoisotopic (exact) mass is 224 g/mol. The van der Waals surface area contributed by atoms with Crippen LogP contribution in [0.1, 0.15) is 43.0 Å². The smallest absolute Gasteiger partial charge is 1.00 e. The van der Waals surface area contributed by atoms with Crippen molar-refractivity contribution >= 4 is 11.9 Å². The van der Waals surface area contributed by atoms with Crippen LogP contribution in [-0.4, -0.2) is 22.2 Å². The van der Waals surface area contributed by atoms with Gasteiger partial charge >= 0.3 is 30.8 Å². The third kappa shape index (κ3) is 2.44. The van der Waals surface area contributed by atoms with Gasteiger partial charge in [0.25, 0.3) is 0 Å². The average Bonchev–Trinajstić information content (AvgIpc) is 1.75. The molecule has 0 aromatic rings. The van der Waals surface area contributed by atoms with Gasteiger partial charge in [0.15, 0.2) is 5.41 Å². The molecule has 2 N–H and O–H groups in total. The molecule has 0 rings (SSSR count). The van der Waals surface area contributed by atoms with Crippen LogP contribution in [0.4, 0.5) is 0 Å². The predicted molar refractivity (Wildman–Crippen MR) is 57.7 cm³/mol. The second kappa shape index (κ2) is 4.81. The average molecular weight is 224 g/mol. The molecule has 0 heterocycles. The fourth-order valence-corrected chi connectivity index (χ4v) is 2.50.